The number of rotatable bonds is 5. The molecule has 0 heterocycles. The van der Waals surface area contributed by atoms with E-state index in [4.69, 9.17) is 11.6 Å². The smallest absolute Gasteiger partial charge is 0.242 e. The fraction of sp³-hybridized carbons (Fsp3) is 0.462. The minimum atomic E-state index is -0.516. The Labute approximate surface area is 108 Å². The maximum atomic E-state index is 11.4. The number of halogens is 1. The molecule has 0 unspecified atom stereocenters. The van der Waals surface area contributed by atoms with Crippen molar-refractivity contribution in [2.24, 2.45) is 0 Å². The third-order valence-electron chi connectivity index (χ3n) is 2.62. The van der Waals surface area contributed by atoms with Crippen molar-refractivity contribution in [3.8, 4) is 0 Å². The number of alkyl halides is 1. The van der Waals surface area contributed by atoms with Gasteiger partial charge in [0.15, 0.2) is 0 Å². The first-order chi connectivity index (χ1) is 8.08. The molecule has 0 bridgehead atoms. The van der Waals surface area contributed by atoms with Gasteiger partial charge in [0.25, 0.3) is 0 Å². The van der Waals surface area contributed by atoms with E-state index in [1.54, 1.807) is 6.92 Å². The Balaban J connectivity index is 2.71. The average molecular weight is 255 g/mol. The molecular formula is C13H19ClN2O. The van der Waals surface area contributed by atoms with Crippen LogP contribution in [0.5, 0.6) is 0 Å². The molecule has 0 spiro atoms. The highest BCUT2D eigenvalue weighted by atomic mass is 35.5. The third kappa shape index (κ3) is 3.93. The lowest BCUT2D eigenvalue weighted by Gasteiger charge is -2.21. The number of anilines is 2. The monoisotopic (exact) mass is 254 g/mol. The molecule has 0 aliphatic rings. The number of hydrogen-bond acceptors (Lipinski definition) is 2. The van der Waals surface area contributed by atoms with E-state index in [0.29, 0.717) is 0 Å². The number of amides is 1. The van der Waals surface area contributed by atoms with Crippen LogP contribution in [0, 0.1) is 0 Å². The molecule has 0 aromatic heterocycles. The number of carbonyl (C=O) groups is 1. The van der Waals surface area contributed by atoms with Gasteiger partial charge >= 0.3 is 0 Å². The molecular weight excluding hydrogens is 236 g/mol. The standard InChI is InChI=1S/C13H19ClN2O/c1-4-16(5-2)12-8-6-11(7-9-12)15-13(17)10(3)14/h6-10H,4-5H2,1-3H3,(H,15,17)/t10-/m0/s1. The summed E-state index contributed by atoms with van der Waals surface area (Å²) in [6.45, 7) is 7.84. The summed E-state index contributed by atoms with van der Waals surface area (Å²) in [7, 11) is 0. The Hall–Kier alpha value is -1.22. The highest BCUT2D eigenvalue weighted by Gasteiger charge is 2.09. The van der Waals surface area contributed by atoms with Crippen molar-refractivity contribution >= 4 is 28.9 Å². The summed E-state index contributed by atoms with van der Waals surface area (Å²) in [5.74, 6) is -0.178. The van der Waals surface area contributed by atoms with Crippen LogP contribution in [0.4, 0.5) is 11.4 Å². The molecule has 0 radical (unpaired) electrons. The van der Waals surface area contributed by atoms with Crippen molar-refractivity contribution in [1.82, 2.24) is 0 Å². The lowest BCUT2D eigenvalue weighted by Crippen LogP contribution is -2.22. The van der Waals surface area contributed by atoms with Crippen LogP contribution in [0.1, 0.15) is 20.8 Å². The second-order valence-electron chi connectivity index (χ2n) is 3.82. The van der Waals surface area contributed by atoms with Crippen molar-refractivity contribution in [1.29, 1.82) is 0 Å². The van der Waals surface area contributed by atoms with Gasteiger partial charge in [0, 0.05) is 24.5 Å². The minimum Gasteiger partial charge on any atom is -0.372 e. The molecule has 1 aromatic carbocycles. The summed E-state index contributed by atoms with van der Waals surface area (Å²) >= 11 is 5.68. The fourth-order valence-electron chi connectivity index (χ4n) is 1.59. The quantitative estimate of drug-likeness (QED) is 0.819. The normalized spacial score (nSPS) is 12.0. The van der Waals surface area contributed by atoms with Gasteiger partial charge in [-0.25, -0.2) is 0 Å². The van der Waals surface area contributed by atoms with Crippen molar-refractivity contribution < 1.29 is 4.79 Å². The molecule has 3 nitrogen and oxygen atoms in total. The molecule has 17 heavy (non-hydrogen) atoms. The molecule has 1 N–H and O–H groups in total. The molecule has 94 valence electrons. The van der Waals surface area contributed by atoms with E-state index >= 15 is 0 Å². The summed E-state index contributed by atoms with van der Waals surface area (Å²) in [5.41, 5.74) is 1.94. The van der Waals surface area contributed by atoms with Gasteiger partial charge in [-0.3, -0.25) is 4.79 Å². The summed E-state index contributed by atoms with van der Waals surface area (Å²) in [6, 6.07) is 7.79. The molecule has 1 amide bonds. The van der Waals surface area contributed by atoms with Gasteiger partial charge in [-0.2, -0.15) is 0 Å². The topological polar surface area (TPSA) is 32.3 Å². The van der Waals surface area contributed by atoms with Gasteiger partial charge in [-0.1, -0.05) is 0 Å². The zero-order valence-electron chi connectivity index (χ0n) is 10.5. The van der Waals surface area contributed by atoms with Crippen molar-refractivity contribution in [3.63, 3.8) is 0 Å². The van der Waals surface area contributed by atoms with Crippen LogP contribution in [0.15, 0.2) is 24.3 Å². The van der Waals surface area contributed by atoms with Crippen LogP contribution in [0.3, 0.4) is 0 Å². The van der Waals surface area contributed by atoms with E-state index in [1.165, 1.54) is 0 Å². The molecule has 1 atom stereocenters. The highest BCUT2D eigenvalue weighted by Crippen LogP contribution is 2.18. The first-order valence-electron chi connectivity index (χ1n) is 5.88. The number of nitrogens with one attached hydrogen (secondary N) is 1. The summed E-state index contributed by atoms with van der Waals surface area (Å²) < 4.78 is 0. The van der Waals surface area contributed by atoms with Gasteiger partial charge in [-0.05, 0) is 45.0 Å². The van der Waals surface area contributed by atoms with E-state index in [2.05, 4.69) is 24.1 Å². The Morgan fingerprint density at radius 3 is 2.24 bits per heavy atom. The molecule has 0 fully saturated rings. The molecule has 1 aromatic rings. The van der Waals surface area contributed by atoms with Gasteiger partial charge in [-0.15, -0.1) is 11.6 Å². The molecule has 4 heteroatoms. The predicted molar refractivity (Wildman–Crippen MR) is 73.9 cm³/mol. The van der Waals surface area contributed by atoms with Crippen LogP contribution < -0.4 is 10.2 Å². The van der Waals surface area contributed by atoms with Gasteiger partial charge < -0.3 is 10.2 Å². The Kier molecular flexibility index (Phi) is 5.29. The Bertz CT molecular complexity index is 358. The molecule has 1 rings (SSSR count). The Morgan fingerprint density at radius 2 is 1.82 bits per heavy atom. The molecule has 0 saturated heterocycles. The van der Waals surface area contributed by atoms with Gasteiger partial charge in [0.05, 0.1) is 0 Å². The maximum absolute atomic E-state index is 11.4. The molecule has 0 saturated carbocycles. The first-order valence-corrected chi connectivity index (χ1v) is 6.32. The second kappa shape index (κ2) is 6.50. The number of benzene rings is 1. The van der Waals surface area contributed by atoms with Crippen molar-refractivity contribution in [2.45, 2.75) is 26.1 Å². The summed E-state index contributed by atoms with van der Waals surface area (Å²) in [6.07, 6.45) is 0. The number of nitrogens with zero attached hydrogens (tertiary/aromatic N) is 1. The van der Waals surface area contributed by atoms with Crippen molar-refractivity contribution in [2.75, 3.05) is 23.3 Å². The van der Waals surface area contributed by atoms with E-state index in [1.807, 2.05) is 24.3 Å². The van der Waals surface area contributed by atoms with Crippen LogP contribution in [-0.2, 0) is 4.79 Å². The van der Waals surface area contributed by atoms with Crippen LogP contribution in [0.25, 0.3) is 0 Å². The lowest BCUT2D eigenvalue weighted by molar-refractivity contribution is -0.115. The van der Waals surface area contributed by atoms with Gasteiger partial charge in [0.1, 0.15) is 5.38 Å². The lowest BCUT2D eigenvalue weighted by atomic mass is 10.2. The van der Waals surface area contributed by atoms with Crippen molar-refractivity contribution in [3.05, 3.63) is 24.3 Å². The summed E-state index contributed by atoms with van der Waals surface area (Å²) in [5, 5.41) is 2.24. The highest BCUT2D eigenvalue weighted by molar-refractivity contribution is 6.32. The molecule has 0 aliphatic heterocycles. The van der Waals surface area contributed by atoms with Gasteiger partial charge in [0.2, 0.25) is 5.91 Å². The average Bonchev–Trinajstić information content (AvgIpc) is 2.32. The largest absolute Gasteiger partial charge is 0.372 e. The zero-order chi connectivity index (χ0) is 12.8. The maximum Gasteiger partial charge on any atom is 0.242 e. The molecule has 0 aliphatic carbocycles. The first kappa shape index (κ1) is 13.8. The third-order valence-corrected chi connectivity index (χ3v) is 2.82. The Morgan fingerprint density at radius 1 is 1.29 bits per heavy atom. The SMILES string of the molecule is CCN(CC)c1ccc(NC(=O)[C@H](C)Cl)cc1. The van der Waals surface area contributed by atoms with E-state index < -0.39 is 5.38 Å². The van der Waals surface area contributed by atoms with Crippen LogP contribution >= 0.6 is 11.6 Å². The zero-order valence-corrected chi connectivity index (χ0v) is 11.3. The van der Waals surface area contributed by atoms with Crippen LogP contribution in [0.2, 0.25) is 0 Å². The van der Waals surface area contributed by atoms with Crippen LogP contribution in [-0.4, -0.2) is 24.4 Å². The fourth-order valence-corrected chi connectivity index (χ4v) is 1.64. The van der Waals surface area contributed by atoms with E-state index in [-0.39, 0.29) is 5.91 Å². The summed E-state index contributed by atoms with van der Waals surface area (Å²) in [4.78, 5) is 13.6. The minimum absolute atomic E-state index is 0.178. The predicted octanol–water partition coefficient (Wildman–Crippen LogP) is 3.10. The van der Waals surface area contributed by atoms with E-state index in [0.717, 1.165) is 24.5 Å². The second-order valence-corrected chi connectivity index (χ2v) is 4.48. The number of carbonyl (C=O) groups excluding carboxylic acids is 1. The number of hydrogen-bond donors (Lipinski definition) is 1. The van der Waals surface area contributed by atoms with E-state index in [9.17, 15) is 4.79 Å².